The maximum absolute atomic E-state index is 6.08. The van der Waals surface area contributed by atoms with E-state index in [0.717, 1.165) is 42.1 Å². The number of alkyl halides is 1. The molecule has 0 aromatic rings. The normalized spacial score (nSPS) is 60.4. The summed E-state index contributed by atoms with van der Waals surface area (Å²) in [5, 5.41) is 0. The van der Waals surface area contributed by atoms with Gasteiger partial charge in [0, 0.05) is 4.32 Å². The first-order valence-corrected chi connectivity index (χ1v) is 8.39. The van der Waals surface area contributed by atoms with Crippen LogP contribution in [-0.2, 0) is 0 Å². The molecule has 2 N–H and O–H groups in total. The summed E-state index contributed by atoms with van der Waals surface area (Å²) >= 11 is 4.26. The first-order valence-electron chi connectivity index (χ1n) is 7.59. The molecule has 4 fully saturated rings. The molecular formula is C15H24BrN. The standard InChI is InChI=1S/C15H24BrN/c16-15-7-10-3-11-2-1-9(5-13(11)15)6-14(15)12(4-10)8-17/h9-14H,1-8,17H2. The van der Waals surface area contributed by atoms with Crippen LogP contribution in [0.3, 0.4) is 0 Å². The van der Waals surface area contributed by atoms with Gasteiger partial charge in [-0.3, -0.25) is 0 Å². The highest BCUT2D eigenvalue weighted by atomic mass is 79.9. The van der Waals surface area contributed by atoms with Gasteiger partial charge in [-0.2, -0.15) is 0 Å². The van der Waals surface area contributed by atoms with Crippen molar-refractivity contribution >= 4 is 15.9 Å². The third-order valence-electron chi connectivity index (χ3n) is 6.67. The Hall–Kier alpha value is 0.440. The predicted octanol–water partition coefficient (Wildman–Crippen LogP) is 3.56. The van der Waals surface area contributed by atoms with Crippen molar-refractivity contribution in [3.05, 3.63) is 0 Å². The molecule has 0 heterocycles. The van der Waals surface area contributed by atoms with Crippen LogP contribution in [0.15, 0.2) is 0 Å². The molecule has 4 aliphatic rings. The van der Waals surface area contributed by atoms with Crippen molar-refractivity contribution in [3.8, 4) is 0 Å². The zero-order valence-corrected chi connectivity index (χ0v) is 12.2. The Morgan fingerprint density at radius 3 is 2.65 bits per heavy atom. The highest BCUT2D eigenvalue weighted by molar-refractivity contribution is 9.10. The molecule has 96 valence electrons. The van der Waals surface area contributed by atoms with E-state index in [2.05, 4.69) is 15.9 Å². The van der Waals surface area contributed by atoms with Gasteiger partial charge in [-0.25, -0.2) is 0 Å². The van der Waals surface area contributed by atoms with Gasteiger partial charge in [0.2, 0.25) is 0 Å². The zero-order chi connectivity index (χ0) is 11.6. The van der Waals surface area contributed by atoms with E-state index in [9.17, 15) is 0 Å². The average Bonchev–Trinajstić information content (AvgIpc) is 2.35. The van der Waals surface area contributed by atoms with E-state index in [4.69, 9.17) is 5.73 Å². The molecular weight excluding hydrogens is 274 g/mol. The minimum Gasteiger partial charge on any atom is -0.330 e. The first-order chi connectivity index (χ1) is 8.20. The van der Waals surface area contributed by atoms with Crippen molar-refractivity contribution < 1.29 is 0 Å². The summed E-state index contributed by atoms with van der Waals surface area (Å²) in [7, 11) is 0. The van der Waals surface area contributed by atoms with Gasteiger partial charge in [0.1, 0.15) is 0 Å². The van der Waals surface area contributed by atoms with Crippen LogP contribution in [0.2, 0.25) is 0 Å². The monoisotopic (exact) mass is 297 g/mol. The molecule has 17 heavy (non-hydrogen) atoms. The number of rotatable bonds is 1. The Morgan fingerprint density at radius 2 is 1.82 bits per heavy atom. The van der Waals surface area contributed by atoms with E-state index in [1.165, 1.54) is 44.9 Å². The number of hydrogen-bond donors (Lipinski definition) is 1. The lowest BCUT2D eigenvalue weighted by molar-refractivity contribution is -0.0643. The average molecular weight is 298 g/mol. The summed E-state index contributed by atoms with van der Waals surface area (Å²) in [6.45, 7) is 0.929. The maximum atomic E-state index is 6.08. The van der Waals surface area contributed by atoms with Gasteiger partial charge in [-0.1, -0.05) is 22.4 Å². The summed E-state index contributed by atoms with van der Waals surface area (Å²) in [4.78, 5) is 0. The highest BCUT2D eigenvalue weighted by Gasteiger charge is 2.60. The Kier molecular flexibility index (Phi) is 2.47. The topological polar surface area (TPSA) is 26.0 Å². The maximum Gasteiger partial charge on any atom is 0.0322 e. The Bertz CT molecular complexity index is 329. The lowest BCUT2D eigenvalue weighted by atomic mass is 9.46. The second-order valence-electron chi connectivity index (χ2n) is 7.35. The molecule has 1 nitrogen and oxygen atoms in total. The highest BCUT2D eigenvalue weighted by Crippen LogP contribution is 2.66. The molecule has 0 amide bonds. The lowest BCUT2D eigenvalue weighted by Crippen LogP contribution is -2.60. The van der Waals surface area contributed by atoms with Gasteiger partial charge in [0.05, 0.1) is 0 Å². The van der Waals surface area contributed by atoms with E-state index in [1.807, 2.05) is 0 Å². The second kappa shape index (κ2) is 3.72. The van der Waals surface area contributed by atoms with Crippen molar-refractivity contribution in [1.29, 1.82) is 0 Å². The van der Waals surface area contributed by atoms with Gasteiger partial charge >= 0.3 is 0 Å². The van der Waals surface area contributed by atoms with Crippen molar-refractivity contribution in [3.63, 3.8) is 0 Å². The van der Waals surface area contributed by atoms with E-state index < -0.39 is 0 Å². The lowest BCUT2D eigenvalue weighted by Gasteiger charge is -2.63. The van der Waals surface area contributed by atoms with Crippen LogP contribution in [-0.4, -0.2) is 10.9 Å². The number of nitrogens with two attached hydrogens (primary N) is 1. The van der Waals surface area contributed by atoms with Crippen molar-refractivity contribution in [2.45, 2.75) is 49.3 Å². The van der Waals surface area contributed by atoms with Crippen LogP contribution in [0.1, 0.15) is 44.9 Å². The third kappa shape index (κ3) is 1.46. The van der Waals surface area contributed by atoms with Crippen LogP contribution < -0.4 is 5.73 Å². The van der Waals surface area contributed by atoms with Crippen molar-refractivity contribution in [2.24, 2.45) is 41.2 Å². The minimum absolute atomic E-state index is 0.500. The van der Waals surface area contributed by atoms with Gasteiger partial charge < -0.3 is 5.73 Å². The van der Waals surface area contributed by atoms with E-state index in [0.29, 0.717) is 4.32 Å². The van der Waals surface area contributed by atoms with Gasteiger partial charge in [-0.15, -0.1) is 0 Å². The molecule has 0 aliphatic heterocycles. The molecule has 0 aromatic heterocycles. The van der Waals surface area contributed by atoms with Gasteiger partial charge in [0.25, 0.3) is 0 Å². The van der Waals surface area contributed by atoms with Crippen LogP contribution in [0.25, 0.3) is 0 Å². The Balaban J connectivity index is 1.76. The Labute approximate surface area is 113 Å². The SMILES string of the molecule is NCC1CC2CC3CCC4CC1C(Br)(C2)C3C4. The smallest absolute Gasteiger partial charge is 0.0322 e. The Morgan fingerprint density at radius 1 is 1.00 bits per heavy atom. The summed E-state index contributed by atoms with van der Waals surface area (Å²) < 4.78 is 0.500. The fourth-order valence-electron chi connectivity index (χ4n) is 6.11. The van der Waals surface area contributed by atoms with Crippen LogP contribution in [0.5, 0.6) is 0 Å². The van der Waals surface area contributed by atoms with E-state index in [-0.39, 0.29) is 0 Å². The first kappa shape index (κ1) is 11.3. The number of hydrogen-bond acceptors (Lipinski definition) is 1. The summed E-state index contributed by atoms with van der Waals surface area (Å²) in [6, 6.07) is 0. The summed E-state index contributed by atoms with van der Waals surface area (Å²) in [5.74, 6) is 5.77. The molecule has 0 saturated heterocycles. The summed E-state index contributed by atoms with van der Waals surface area (Å²) in [6.07, 6.45) is 10.5. The van der Waals surface area contributed by atoms with E-state index >= 15 is 0 Å². The number of halogens is 1. The second-order valence-corrected chi connectivity index (χ2v) is 8.83. The van der Waals surface area contributed by atoms with E-state index in [1.54, 1.807) is 0 Å². The fourth-order valence-corrected chi connectivity index (χ4v) is 7.69. The quantitative estimate of drug-likeness (QED) is 0.736. The molecule has 2 heteroatoms. The van der Waals surface area contributed by atoms with Crippen LogP contribution in [0.4, 0.5) is 0 Å². The molecule has 7 unspecified atom stereocenters. The van der Waals surface area contributed by atoms with Crippen molar-refractivity contribution in [1.82, 2.24) is 0 Å². The van der Waals surface area contributed by atoms with Crippen LogP contribution >= 0.6 is 15.9 Å². The largest absolute Gasteiger partial charge is 0.330 e. The predicted molar refractivity (Wildman–Crippen MR) is 74.0 cm³/mol. The molecule has 7 atom stereocenters. The molecule has 0 aromatic carbocycles. The molecule has 0 spiro atoms. The fraction of sp³-hybridized carbons (Fsp3) is 1.00. The van der Waals surface area contributed by atoms with Crippen molar-refractivity contribution in [2.75, 3.05) is 6.54 Å². The zero-order valence-electron chi connectivity index (χ0n) is 10.6. The molecule has 4 saturated carbocycles. The molecule has 0 radical (unpaired) electrons. The van der Waals surface area contributed by atoms with Gasteiger partial charge in [-0.05, 0) is 80.6 Å². The number of fused-ring (bicyclic) bond motifs is 2. The van der Waals surface area contributed by atoms with Crippen LogP contribution in [0, 0.1) is 35.5 Å². The van der Waals surface area contributed by atoms with Gasteiger partial charge in [0.15, 0.2) is 0 Å². The molecule has 4 bridgehead atoms. The minimum atomic E-state index is 0.500. The molecule has 4 rings (SSSR count). The summed E-state index contributed by atoms with van der Waals surface area (Å²) in [5.41, 5.74) is 6.08. The third-order valence-corrected chi connectivity index (χ3v) is 8.17. The molecule has 4 aliphatic carbocycles.